The molecule has 1 aromatic rings. The van der Waals surface area contributed by atoms with Crippen LogP contribution in [-0.4, -0.2) is 11.1 Å². The number of aromatic nitrogens is 1. The summed E-state index contributed by atoms with van der Waals surface area (Å²) in [5, 5.41) is 2.46. The van der Waals surface area contributed by atoms with Gasteiger partial charge in [0.05, 0.1) is 5.56 Å². The van der Waals surface area contributed by atoms with Crippen LogP contribution in [0.15, 0.2) is 24.9 Å². The van der Waals surface area contributed by atoms with E-state index in [9.17, 15) is 4.79 Å². The maximum absolute atomic E-state index is 10.8. The van der Waals surface area contributed by atoms with Crippen molar-refractivity contribution < 1.29 is 9.53 Å². The van der Waals surface area contributed by atoms with Crippen LogP contribution in [0.1, 0.15) is 5.56 Å². The Balaban J connectivity index is 2.54. The molecule has 0 bridgehead atoms. The first-order chi connectivity index (χ1) is 5.77. The Morgan fingerprint density at radius 2 is 2.42 bits per heavy atom. The zero-order valence-electron chi connectivity index (χ0n) is 6.20. The number of carbonyl (C=O) groups excluding carboxylic acids is 1. The molecule has 12 heavy (non-hydrogen) atoms. The van der Waals surface area contributed by atoms with E-state index < -0.39 is 6.09 Å². The Labute approximate surface area is 68.9 Å². The van der Waals surface area contributed by atoms with Crippen LogP contribution in [0.3, 0.4) is 0 Å². The van der Waals surface area contributed by atoms with Gasteiger partial charge in [0, 0.05) is 6.20 Å². The van der Waals surface area contributed by atoms with E-state index in [0.717, 1.165) is 5.56 Å². The third kappa shape index (κ3) is 0.934. The van der Waals surface area contributed by atoms with Gasteiger partial charge in [0.2, 0.25) is 0 Å². The average molecular weight is 162 g/mol. The molecule has 0 aromatic carbocycles. The second-order valence-corrected chi connectivity index (χ2v) is 2.34. The number of amides is 1. The Bertz CT molecular complexity index is 360. The largest absolute Gasteiger partial charge is 0.418 e. The van der Waals surface area contributed by atoms with Crippen molar-refractivity contribution in [3.05, 3.63) is 30.5 Å². The van der Waals surface area contributed by atoms with Gasteiger partial charge < -0.3 is 4.74 Å². The van der Waals surface area contributed by atoms with Gasteiger partial charge in [-0.05, 0) is 12.1 Å². The third-order valence-corrected chi connectivity index (χ3v) is 1.54. The first kappa shape index (κ1) is 6.84. The van der Waals surface area contributed by atoms with E-state index in [0.29, 0.717) is 11.6 Å². The standard InChI is InChI=1S/C8H6N2O2/c1-5-6-3-2-4-9-7(6)10-8(11)12-5/h2-4H,1H2,(H,9,10,11). The lowest BCUT2D eigenvalue weighted by molar-refractivity contribution is 0.205. The molecule has 1 amide bonds. The number of rotatable bonds is 0. The Kier molecular flexibility index (Phi) is 1.33. The van der Waals surface area contributed by atoms with Crippen molar-refractivity contribution in [1.82, 2.24) is 4.98 Å². The molecule has 0 spiro atoms. The quantitative estimate of drug-likeness (QED) is 0.630. The molecule has 2 rings (SSSR count). The fourth-order valence-corrected chi connectivity index (χ4v) is 1.02. The van der Waals surface area contributed by atoms with Crippen LogP contribution in [0.4, 0.5) is 10.6 Å². The van der Waals surface area contributed by atoms with Crippen LogP contribution in [0.25, 0.3) is 5.76 Å². The molecule has 1 aliphatic heterocycles. The van der Waals surface area contributed by atoms with E-state index in [2.05, 4.69) is 16.9 Å². The summed E-state index contributed by atoms with van der Waals surface area (Å²) < 4.78 is 4.73. The van der Waals surface area contributed by atoms with E-state index in [-0.39, 0.29) is 0 Å². The summed E-state index contributed by atoms with van der Waals surface area (Å²) in [5.41, 5.74) is 0.720. The molecule has 0 radical (unpaired) electrons. The molecular formula is C8H6N2O2. The van der Waals surface area contributed by atoms with E-state index in [4.69, 9.17) is 4.74 Å². The van der Waals surface area contributed by atoms with Crippen LogP contribution >= 0.6 is 0 Å². The highest BCUT2D eigenvalue weighted by Gasteiger charge is 2.19. The molecule has 0 saturated heterocycles. The van der Waals surface area contributed by atoms with Crippen LogP contribution < -0.4 is 5.32 Å². The molecule has 0 fully saturated rings. The lowest BCUT2D eigenvalue weighted by Gasteiger charge is -2.16. The number of pyridine rings is 1. The SMILES string of the molecule is C=C1OC(=O)Nc2ncccc21. The first-order valence-electron chi connectivity index (χ1n) is 3.40. The number of cyclic esters (lactones) is 1. The normalized spacial score (nSPS) is 14.7. The van der Waals surface area contributed by atoms with E-state index in [1.54, 1.807) is 18.3 Å². The summed E-state index contributed by atoms with van der Waals surface area (Å²) in [7, 11) is 0. The summed E-state index contributed by atoms with van der Waals surface area (Å²) in [6.45, 7) is 3.58. The molecule has 60 valence electrons. The molecule has 1 aromatic heterocycles. The first-order valence-corrected chi connectivity index (χ1v) is 3.40. The molecule has 0 atom stereocenters. The second-order valence-electron chi connectivity index (χ2n) is 2.34. The van der Waals surface area contributed by atoms with Gasteiger partial charge >= 0.3 is 6.09 Å². The summed E-state index contributed by atoms with van der Waals surface area (Å²) in [5.74, 6) is 0.834. The highest BCUT2D eigenvalue weighted by Crippen LogP contribution is 2.25. The van der Waals surface area contributed by atoms with Crippen LogP contribution in [0, 0.1) is 0 Å². The summed E-state index contributed by atoms with van der Waals surface area (Å²) >= 11 is 0. The number of hydrogen-bond donors (Lipinski definition) is 1. The minimum absolute atomic E-state index is 0.335. The highest BCUT2D eigenvalue weighted by molar-refractivity contribution is 5.94. The predicted molar refractivity (Wildman–Crippen MR) is 43.4 cm³/mol. The molecule has 1 aliphatic rings. The van der Waals surface area contributed by atoms with E-state index in [1.807, 2.05) is 0 Å². The topological polar surface area (TPSA) is 51.2 Å². The van der Waals surface area contributed by atoms with Gasteiger partial charge in [-0.3, -0.25) is 5.32 Å². The van der Waals surface area contributed by atoms with Crippen molar-refractivity contribution in [2.45, 2.75) is 0 Å². The fourth-order valence-electron chi connectivity index (χ4n) is 1.02. The van der Waals surface area contributed by atoms with Crippen molar-refractivity contribution in [3.63, 3.8) is 0 Å². The maximum atomic E-state index is 10.8. The molecule has 0 saturated carbocycles. The van der Waals surface area contributed by atoms with Crippen molar-refractivity contribution in [2.24, 2.45) is 0 Å². The number of carbonyl (C=O) groups is 1. The summed E-state index contributed by atoms with van der Waals surface area (Å²) in [6, 6.07) is 3.54. The number of ether oxygens (including phenoxy) is 1. The van der Waals surface area contributed by atoms with Crippen LogP contribution in [0.2, 0.25) is 0 Å². The zero-order valence-corrected chi connectivity index (χ0v) is 6.20. The average Bonchev–Trinajstić information content (AvgIpc) is 2.04. The molecule has 4 nitrogen and oxygen atoms in total. The predicted octanol–water partition coefficient (Wildman–Crippen LogP) is 1.61. The lowest BCUT2D eigenvalue weighted by Crippen LogP contribution is -2.20. The minimum Gasteiger partial charge on any atom is -0.410 e. The van der Waals surface area contributed by atoms with Gasteiger partial charge in [-0.25, -0.2) is 9.78 Å². The fraction of sp³-hybridized carbons (Fsp3) is 0. The smallest absolute Gasteiger partial charge is 0.410 e. The van der Waals surface area contributed by atoms with Crippen molar-refractivity contribution in [1.29, 1.82) is 0 Å². The number of nitrogens with zero attached hydrogens (tertiary/aromatic N) is 1. The van der Waals surface area contributed by atoms with Gasteiger partial charge in [0.1, 0.15) is 11.6 Å². The van der Waals surface area contributed by atoms with Gasteiger partial charge in [-0.15, -0.1) is 0 Å². The van der Waals surface area contributed by atoms with Gasteiger partial charge in [0.15, 0.2) is 0 Å². The zero-order chi connectivity index (χ0) is 8.55. The Morgan fingerprint density at radius 1 is 1.58 bits per heavy atom. The number of hydrogen-bond acceptors (Lipinski definition) is 3. The van der Waals surface area contributed by atoms with Gasteiger partial charge in [0.25, 0.3) is 0 Å². The van der Waals surface area contributed by atoms with E-state index in [1.165, 1.54) is 0 Å². The van der Waals surface area contributed by atoms with Gasteiger partial charge in [-0.1, -0.05) is 6.58 Å². The molecule has 0 unspecified atom stereocenters. The molecule has 0 aliphatic carbocycles. The van der Waals surface area contributed by atoms with Crippen molar-refractivity contribution in [2.75, 3.05) is 5.32 Å². The summed E-state index contributed by atoms with van der Waals surface area (Å²) in [6.07, 6.45) is 1.06. The van der Waals surface area contributed by atoms with Crippen LogP contribution in [0.5, 0.6) is 0 Å². The van der Waals surface area contributed by atoms with Crippen molar-refractivity contribution in [3.8, 4) is 0 Å². The highest BCUT2D eigenvalue weighted by atomic mass is 16.6. The van der Waals surface area contributed by atoms with Crippen molar-refractivity contribution >= 4 is 17.7 Å². The minimum atomic E-state index is -0.536. The third-order valence-electron chi connectivity index (χ3n) is 1.54. The maximum Gasteiger partial charge on any atom is 0.418 e. The summed E-state index contributed by atoms with van der Waals surface area (Å²) in [4.78, 5) is 14.7. The number of anilines is 1. The Morgan fingerprint density at radius 3 is 3.25 bits per heavy atom. The number of fused-ring (bicyclic) bond motifs is 1. The lowest BCUT2D eigenvalue weighted by atomic mass is 10.2. The van der Waals surface area contributed by atoms with E-state index >= 15 is 0 Å². The van der Waals surface area contributed by atoms with Gasteiger partial charge in [-0.2, -0.15) is 0 Å². The monoisotopic (exact) mass is 162 g/mol. The Hall–Kier alpha value is -1.84. The molecular weight excluding hydrogens is 156 g/mol. The molecule has 4 heteroatoms. The second kappa shape index (κ2) is 2.34. The van der Waals surface area contributed by atoms with Crippen LogP contribution in [-0.2, 0) is 4.74 Å². The number of nitrogens with one attached hydrogen (secondary N) is 1. The molecule has 1 N–H and O–H groups in total. The molecule has 2 heterocycles.